The second-order valence-corrected chi connectivity index (χ2v) is 4.83. The molecule has 0 aliphatic heterocycles. The monoisotopic (exact) mass is 268 g/mol. The number of anilines is 2. The lowest BCUT2D eigenvalue weighted by atomic mass is 10.1. The molecule has 0 aliphatic rings. The van der Waals surface area contributed by atoms with Crippen molar-refractivity contribution in [1.82, 2.24) is 9.97 Å². The van der Waals surface area contributed by atoms with Crippen molar-refractivity contribution >= 4 is 22.4 Å². The Hall–Kier alpha value is -2.56. The van der Waals surface area contributed by atoms with E-state index >= 15 is 0 Å². The van der Waals surface area contributed by atoms with Gasteiger partial charge in [-0.2, -0.15) is 0 Å². The molecule has 2 aromatic heterocycles. The maximum Gasteiger partial charge on any atom is 0.137 e. The highest BCUT2D eigenvalue weighted by atomic mass is 16.3. The van der Waals surface area contributed by atoms with E-state index in [2.05, 4.69) is 22.2 Å². The fourth-order valence-electron chi connectivity index (χ4n) is 2.20. The summed E-state index contributed by atoms with van der Waals surface area (Å²) in [5.41, 5.74) is 7.41. The number of hydrogen-bond acceptors (Lipinski definition) is 5. The average molecular weight is 268 g/mol. The van der Waals surface area contributed by atoms with Crippen LogP contribution < -0.4 is 11.1 Å². The molecule has 0 radical (unpaired) electrons. The van der Waals surface area contributed by atoms with Crippen molar-refractivity contribution in [2.24, 2.45) is 0 Å². The molecule has 0 fully saturated rings. The van der Waals surface area contributed by atoms with Gasteiger partial charge < -0.3 is 15.5 Å². The summed E-state index contributed by atoms with van der Waals surface area (Å²) in [6.45, 7) is 2.09. The van der Waals surface area contributed by atoms with Gasteiger partial charge in [0, 0.05) is 23.5 Å². The molecule has 2 heterocycles. The van der Waals surface area contributed by atoms with Gasteiger partial charge in [-0.3, -0.25) is 0 Å². The van der Waals surface area contributed by atoms with E-state index in [0.29, 0.717) is 5.69 Å². The molecule has 20 heavy (non-hydrogen) atoms. The summed E-state index contributed by atoms with van der Waals surface area (Å²) in [6, 6.07) is 9.68. The van der Waals surface area contributed by atoms with Crippen molar-refractivity contribution in [1.29, 1.82) is 0 Å². The Kier molecular flexibility index (Phi) is 3.25. The largest absolute Gasteiger partial charge is 0.469 e. The van der Waals surface area contributed by atoms with Gasteiger partial charge in [-0.05, 0) is 37.3 Å². The molecule has 1 atom stereocenters. The number of benzene rings is 1. The van der Waals surface area contributed by atoms with E-state index in [0.717, 1.165) is 28.9 Å². The minimum absolute atomic E-state index is 0.195. The van der Waals surface area contributed by atoms with Crippen molar-refractivity contribution in [3.63, 3.8) is 0 Å². The fraction of sp³-hybridized carbons (Fsp3) is 0.200. The van der Waals surface area contributed by atoms with Gasteiger partial charge in [0.15, 0.2) is 0 Å². The number of nitrogens with zero attached hydrogens (tertiary/aromatic N) is 2. The lowest BCUT2D eigenvalue weighted by molar-refractivity contribution is 0.497. The number of nitrogens with two attached hydrogens (primary N) is 1. The third-order valence-electron chi connectivity index (χ3n) is 3.13. The first kappa shape index (κ1) is 12.5. The van der Waals surface area contributed by atoms with Gasteiger partial charge >= 0.3 is 0 Å². The fourth-order valence-corrected chi connectivity index (χ4v) is 2.20. The average Bonchev–Trinajstić information content (AvgIpc) is 2.92. The third-order valence-corrected chi connectivity index (χ3v) is 3.13. The molecule has 0 spiro atoms. The van der Waals surface area contributed by atoms with Crippen LogP contribution in [0.5, 0.6) is 0 Å². The highest BCUT2D eigenvalue weighted by Gasteiger charge is 2.09. The zero-order valence-electron chi connectivity index (χ0n) is 11.2. The highest BCUT2D eigenvalue weighted by Crippen LogP contribution is 2.22. The van der Waals surface area contributed by atoms with Crippen LogP contribution in [0.1, 0.15) is 12.7 Å². The predicted octanol–water partition coefficient (Wildman–Crippen LogP) is 2.85. The Bertz CT molecular complexity index is 709. The molecule has 3 aromatic rings. The SMILES string of the molecule is CC(Cc1ccco1)Nc1ncnc2ccc(N)cc12. The van der Waals surface area contributed by atoms with E-state index in [-0.39, 0.29) is 6.04 Å². The summed E-state index contributed by atoms with van der Waals surface area (Å²) in [5, 5.41) is 4.31. The van der Waals surface area contributed by atoms with E-state index in [1.54, 1.807) is 12.6 Å². The number of aromatic nitrogens is 2. The molecular weight excluding hydrogens is 252 g/mol. The molecule has 1 aromatic carbocycles. The summed E-state index contributed by atoms with van der Waals surface area (Å²) in [5.74, 6) is 1.74. The quantitative estimate of drug-likeness (QED) is 0.711. The van der Waals surface area contributed by atoms with Crippen LogP contribution in [0.2, 0.25) is 0 Å². The smallest absolute Gasteiger partial charge is 0.137 e. The first-order valence-electron chi connectivity index (χ1n) is 6.51. The van der Waals surface area contributed by atoms with Gasteiger partial charge in [-0.1, -0.05) is 0 Å². The number of nitrogens with one attached hydrogen (secondary N) is 1. The summed E-state index contributed by atoms with van der Waals surface area (Å²) < 4.78 is 5.36. The van der Waals surface area contributed by atoms with E-state index in [9.17, 15) is 0 Å². The summed E-state index contributed by atoms with van der Waals surface area (Å²) >= 11 is 0. The molecule has 0 aliphatic carbocycles. The third kappa shape index (κ3) is 2.56. The van der Waals surface area contributed by atoms with E-state index in [1.807, 2.05) is 30.3 Å². The summed E-state index contributed by atoms with van der Waals surface area (Å²) in [7, 11) is 0. The molecule has 0 amide bonds. The van der Waals surface area contributed by atoms with Gasteiger partial charge in [0.2, 0.25) is 0 Å². The van der Waals surface area contributed by atoms with Crippen LogP contribution in [0.3, 0.4) is 0 Å². The molecule has 3 rings (SSSR count). The topological polar surface area (TPSA) is 77.0 Å². The second kappa shape index (κ2) is 5.21. The Morgan fingerprint density at radius 1 is 1.30 bits per heavy atom. The van der Waals surface area contributed by atoms with Gasteiger partial charge in [-0.15, -0.1) is 0 Å². The first-order chi connectivity index (χ1) is 9.72. The van der Waals surface area contributed by atoms with Gasteiger partial charge in [-0.25, -0.2) is 9.97 Å². The zero-order chi connectivity index (χ0) is 13.9. The van der Waals surface area contributed by atoms with Gasteiger partial charge in [0.1, 0.15) is 17.9 Å². The highest BCUT2D eigenvalue weighted by molar-refractivity contribution is 5.91. The number of rotatable bonds is 4. The minimum atomic E-state index is 0.195. The maximum atomic E-state index is 5.83. The van der Waals surface area contributed by atoms with Crippen LogP contribution in [0.25, 0.3) is 10.9 Å². The van der Waals surface area contributed by atoms with Crippen molar-refractivity contribution in [2.45, 2.75) is 19.4 Å². The van der Waals surface area contributed by atoms with E-state index < -0.39 is 0 Å². The molecular formula is C15H16N4O. The number of nitrogen functional groups attached to an aromatic ring is 1. The minimum Gasteiger partial charge on any atom is -0.469 e. The molecule has 1 unspecified atom stereocenters. The molecule has 3 N–H and O–H groups in total. The van der Waals surface area contributed by atoms with E-state index in [4.69, 9.17) is 10.2 Å². The van der Waals surface area contributed by atoms with Crippen molar-refractivity contribution in [3.8, 4) is 0 Å². The van der Waals surface area contributed by atoms with Crippen LogP contribution >= 0.6 is 0 Å². The Morgan fingerprint density at radius 2 is 2.20 bits per heavy atom. The van der Waals surface area contributed by atoms with Crippen molar-refractivity contribution in [3.05, 3.63) is 48.7 Å². The number of furan rings is 1. The molecule has 5 heteroatoms. The van der Waals surface area contributed by atoms with Crippen LogP contribution in [0.15, 0.2) is 47.3 Å². The summed E-state index contributed by atoms with van der Waals surface area (Å²) in [4.78, 5) is 8.55. The van der Waals surface area contributed by atoms with Crippen LogP contribution in [0.4, 0.5) is 11.5 Å². The van der Waals surface area contributed by atoms with Crippen LogP contribution in [0, 0.1) is 0 Å². The van der Waals surface area contributed by atoms with E-state index in [1.165, 1.54) is 0 Å². The Morgan fingerprint density at radius 3 is 3.00 bits per heavy atom. The standard InChI is InChI=1S/C15H16N4O/c1-10(7-12-3-2-6-20-12)19-15-13-8-11(16)4-5-14(13)17-9-18-15/h2-6,8-10H,7,16H2,1H3,(H,17,18,19). The lowest BCUT2D eigenvalue weighted by Gasteiger charge is -2.14. The molecule has 0 saturated heterocycles. The van der Waals surface area contributed by atoms with Crippen LogP contribution in [-0.2, 0) is 6.42 Å². The van der Waals surface area contributed by atoms with Crippen molar-refractivity contribution < 1.29 is 4.42 Å². The van der Waals surface area contributed by atoms with Gasteiger partial charge in [0.25, 0.3) is 0 Å². The molecule has 0 bridgehead atoms. The number of hydrogen-bond donors (Lipinski definition) is 2. The number of fused-ring (bicyclic) bond motifs is 1. The molecule has 102 valence electrons. The van der Waals surface area contributed by atoms with Gasteiger partial charge in [0.05, 0.1) is 11.8 Å². The normalized spacial score (nSPS) is 12.4. The summed E-state index contributed by atoms with van der Waals surface area (Å²) in [6.07, 6.45) is 4.03. The Labute approximate surface area is 116 Å². The second-order valence-electron chi connectivity index (χ2n) is 4.83. The lowest BCUT2D eigenvalue weighted by Crippen LogP contribution is -2.18. The van der Waals surface area contributed by atoms with Crippen LogP contribution in [-0.4, -0.2) is 16.0 Å². The zero-order valence-corrected chi connectivity index (χ0v) is 11.2. The predicted molar refractivity (Wildman–Crippen MR) is 79.4 cm³/mol. The van der Waals surface area contributed by atoms with Crippen molar-refractivity contribution in [2.75, 3.05) is 11.1 Å². The Balaban J connectivity index is 1.85. The first-order valence-corrected chi connectivity index (χ1v) is 6.51. The molecule has 0 saturated carbocycles. The maximum absolute atomic E-state index is 5.83. The molecule has 5 nitrogen and oxygen atoms in total.